The summed E-state index contributed by atoms with van der Waals surface area (Å²) in [4.78, 5) is 4.15. The second-order valence-corrected chi connectivity index (χ2v) is 4.48. The van der Waals surface area contributed by atoms with E-state index in [9.17, 15) is 0 Å². The number of hydrogen-bond donors (Lipinski definition) is 1. The summed E-state index contributed by atoms with van der Waals surface area (Å²) >= 11 is 0. The van der Waals surface area contributed by atoms with Crippen LogP contribution in [0, 0.1) is 0 Å². The van der Waals surface area contributed by atoms with Crippen LogP contribution in [-0.2, 0) is 11.3 Å². The van der Waals surface area contributed by atoms with Crippen LogP contribution in [0.5, 0.6) is 0 Å². The lowest BCUT2D eigenvalue weighted by Crippen LogP contribution is -2.43. The lowest BCUT2D eigenvalue weighted by atomic mass is 9.80. The second kappa shape index (κ2) is 3.94. The molecule has 4 heteroatoms. The maximum absolute atomic E-state index is 5.88. The highest BCUT2D eigenvalue weighted by Gasteiger charge is 2.37. The van der Waals surface area contributed by atoms with Crippen molar-refractivity contribution in [2.24, 2.45) is 5.73 Å². The molecule has 15 heavy (non-hydrogen) atoms. The molecule has 2 rings (SSSR count). The zero-order chi connectivity index (χ0) is 10.9. The Bertz CT molecular complexity index is 323. The molecule has 1 aromatic rings. The Labute approximate surface area is 90.4 Å². The largest absolute Gasteiger partial charge is 0.376 e. The van der Waals surface area contributed by atoms with Gasteiger partial charge >= 0.3 is 0 Å². The molecule has 0 bridgehead atoms. The fourth-order valence-electron chi connectivity index (χ4n) is 2.15. The third-order valence-electron chi connectivity index (χ3n) is 3.37. The SMILES string of the molecule is COC1(Cn2cncc2[C@H](C)N)CCC1. The van der Waals surface area contributed by atoms with Gasteiger partial charge in [0.05, 0.1) is 24.2 Å². The molecule has 0 aromatic carbocycles. The van der Waals surface area contributed by atoms with E-state index in [4.69, 9.17) is 10.5 Å². The van der Waals surface area contributed by atoms with Crippen molar-refractivity contribution in [1.29, 1.82) is 0 Å². The summed E-state index contributed by atoms with van der Waals surface area (Å²) in [7, 11) is 1.79. The summed E-state index contributed by atoms with van der Waals surface area (Å²) in [5, 5.41) is 0. The van der Waals surface area contributed by atoms with Crippen LogP contribution < -0.4 is 5.73 Å². The summed E-state index contributed by atoms with van der Waals surface area (Å²) in [6.45, 7) is 2.86. The van der Waals surface area contributed by atoms with Crippen LogP contribution in [0.4, 0.5) is 0 Å². The maximum Gasteiger partial charge on any atom is 0.0949 e. The van der Waals surface area contributed by atoms with E-state index in [2.05, 4.69) is 9.55 Å². The fourth-order valence-corrected chi connectivity index (χ4v) is 2.15. The van der Waals surface area contributed by atoms with Crippen molar-refractivity contribution >= 4 is 0 Å². The first kappa shape index (κ1) is 10.6. The molecule has 1 atom stereocenters. The molecule has 1 fully saturated rings. The van der Waals surface area contributed by atoms with Crippen LogP contribution >= 0.6 is 0 Å². The molecule has 1 aliphatic carbocycles. The van der Waals surface area contributed by atoms with E-state index < -0.39 is 0 Å². The molecule has 2 N–H and O–H groups in total. The van der Waals surface area contributed by atoms with E-state index in [0.717, 1.165) is 25.1 Å². The van der Waals surface area contributed by atoms with Crippen molar-refractivity contribution < 1.29 is 4.74 Å². The molecular formula is C11H19N3O. The molecule has 1 aliphatic rings. The smallest absolute Gasteiger partial charge is 0.0949 e. The lowest BCUT2D eigenvalue weighted by molar-refractivity contribution is -0.0840. The highest BCUT2D eigenvalue weighted by atomic mass is 16.5. The van der Waals surface area contributed by atoms with Gasteiger partial charge in [0.1, 0.15) is 0 Å². The van der Waals surface area contributed by atoms with Gasteiger partial charge in [-0.15, -0.1) is 0 Å². The molecule has 0 aliphatic heterocycles. The standard InChI is InChI=1S/C11H19N3O/c1-9(12)10-6-13-8-14(10)7-11(15-2)4-3-5-11/h6,8-9H,3-5,7,12H2,1-2H3/t9-/m0/s1. The molecular weight excluding hydrogens is 190 g/mol. The average molecular weight is 209 g/mol. The third kappa shape index (κ3) is 1.92. The van der Waals surface area contributed by atoms with E-state index in [1.165, 1.54) is 6.42 Å². The Balaban J connectivity index is 2.13. The highest BCUT2D eigenvalue weighted by molar-refractivity contribution is 5.05. The average Bonchev–Trinajstić information content (AvgIpc) is 2.59. The number of aromatic nitrogens is 2. The number of nitrogens with zero attached hydrogens (tertiary/aromatic N) is 2. The predicted octanol–water partition coefficient (Wildman–Crippen LogP) is 1.47. The minimum Gasteiger partial charge on any atom is -0.376 e. The fraction of sp³-hybridized carbons (Fsp3) is 0.727. The number of imidazole rings is 1. The summed E-state index contributed by atoms with van der Waals surface area (Å²) in [6, 6.07) is 0.0292. The summed E-state index contributed by atoms with van der Waals surface area (Å²) in [6.07, 6.45) is 7.22. The van der Waals surface area contributed by atoms with Crippen LogP contribution in [-0.4, -0.2) is 22.3 Å². The Hall–Kier alpha value is -0.870. The highest BCUT2D eigenvalue weighted by Crippen LogP contribution is 2.36. The number of nitrogens with two attached hydrogens (primary N) is 1. The Morgan fingerprint density at radius 1 is 1.67 bits per heavy atom. The zero-order valence-corrected chi connectivity index (χ0v) is 9.44. The normalized spacial score (nSPS) is 21.0. The molecule has 1 heterocycles. The van der Waals surface area contributed by atoms with E-state index in [1.807, 2.05) is 19.4 Å². The predicted molar refractivity (Wildman–Crippen MR) is 58.4 cm³/mol. The van der Waals surface area contributed by atoms with E-state index in [1.54, 1.807) is 7.11 Å². The molecule has 0 amide bonds. The van der Waals surface area contributed by atoms with Crippen LogP contribution in [0.3, 0.4) is 0 Å². The van der Waals surface area contributed by atoms with Crippen LogP contribution in [0.2, 0.25) is 0 Å². The maximum atomic E-state index is 5.88. The van der Waals surface area contributed by atoms with Gasteiger partial charge in [0.2, 0.25) is 0 Å². The first-order chi connectivity index (χ1) is 7.17. The molecule has 1 saturated carbocycles. The van der Waals surface area contributed by atoms with Gasteiger partial charge in [-0.25, -0.2) is 4.98 Å². The van der Waals surface area contributed by atoms with Gasteiger partial charge in [-0.3, -0.25) is 0 Å². The lowest BCUT2D eigenvalue weighted by Gasteiger charge is -2.41. The number of ether oxygens (including phenoxy) is 1. The van der Waals surface area contributed by atoms with Gasteiger partial charge in [-0.05, 0) is 26.2 Å². The number of methoxy groups -OCH3 is 1. The van der Waals surface area contributed by atoms with Crippen molar-refractivity contribution in [3.05, 3.63) is 18.2 Å². The molecule has 0 spiro atoms. The molecule has 1 aromatic heterocycles. The summed E-state index contributed by atoms with van der Waals surface area (Å²) in [5.74, 6) is 0. The minimum atomic E-state index is 0.0292. The van der Waals surface area contributed by atoms with E-state index >= 15 is 0 Å². The third-order valence-corrected chi connectivity index (χ3v) is 3.37. The molecule has 0 unspecified atom stereocenters. The Morgan fingerprint density at radius 3 is 2.87 bits per heavy atom. The van der Waals surface area contributed by atoms with Crippen molar-refractivity contribution in [2.75, 3.05) is 7.11 Å². The van der Waals surface area contributed by atoms with Crippen molar-refractivity contribution in [3.63, 3.8) is 0 Å². The van der Waals surface area contributed by atoms with Crippen molar-refractivity contribution in [2.45, 2.75) is 44.4 Å². The topological polar surface area (TPSA) is 53.1 Å². The number of rotatable bonds is 4. The van der Waals surface area contributed by atoms with Crippen LogP contribution in [0.15, 0.2) is 12.5 Å². The minimum absolute atomic E-state index is 0.0292. The van der Waals surface area contributed by atoms with Gasteiger partial charge < -0.3 is 15.0 Å². The first-order valence-electron chi connectivity index (χ1n) is 5.48. The van der Waals surface area contributed by atoms with Gasteiger partial charge in [0, 0.05) is 19.3 Å². The summed E-state index contributed by atoms with van der Waals surface area (Å²) in [5.41, 5.74) is 6.99. The van der Waals surface area contributed by atoms with Gasteiger partial charge in [-0.2, -0.15) is 0 Å². The quantitative estimate of drug-likeness (QED) is 0.817. The van der Waals surface area contributed by atoms with Gasteiger partial charge in [0.25, 0.3) is 0 Å². The Morgan fingerprint density at radius 2 is 2.40 bits per heavy atom. The van der Waals surface area contributed by atoms with Crippen molar-refractivity contribution in [1.82, 2.24) is 9.55 Å². The van der Waals surface area contributed by atoms with Gasteiger partial charge in [-0.1, -0.05) is 0 Å². The zero-order valence-electron chi connectivity index (χ0n) is 9.44. The van der Waals surface area contributed by atoms with E-state index in [0.29, 0.717) is 0 Å². The molecule has 4 nitrogen and oxygen atoms in total. The second-order valence-electron chi connectivity index (χ2n) is 4.48. The summed E-state index contributed by atoms with van der Waals surface area (Å²) < 4.78 is 7.71. The Kier molecular flexibility index (Phi) is 2.80. The molecule has 0 radical (unpaired) electrons. The van der Waals surface area contributed by atoms with Crippen molar-refractivity contribution in [3.8, 4) is 0 Å². The molecule has 84 valence electrons. The monoisotopic (exact) mass is 209 g/mol. The first-order valence-corrected chi connectivity index (χ1v) is 5.48. The molecule has 0 saturated heterocycles. The van der Waals surface area contributed by atoms with Gasteiger partial charge in [0.15, 0.2) is 0 Å². The van der Waals surface area contributed by atoms with E-state index in [-0.39, 0.29) is 11.6 Å². The van der Waals surface area contributed by atoms with Crippen LogP contribution in [0.25, 0.3) is 0 Å². The van der Waals surface area contributed by atoms with Crippen LogP contribution in [0.1, 0.15) is 37.9 Å². The number of hydrogen-bond acceptors (Lipinski definition) is 3.